The average molecular weight is 314 g/mol. The topological polar surface area (TPSA) is 79.3 Å². The van der Waals surface area contributed by atoms with Gasteiger partial charge >= 0.3 is 0 Å². The van der Waals surface area contributed by atoms with Crippen LogP contribution in [-0.4, -0.2) is 42.7 Å². The van der Waals surface area contributed by atoms with E-state index in [0.717, 1.165) is 5.75 Å². The van der Waals surface area contributed by atoms with Crippen LogP contribution in [0.2, 0.25) is 0 Å². The molecule has 0 saturated heterocycles. The molecular formula is C13H18N2O3S2. The number of nitrogens with zero attached hydrogens (tertiary/aromatic N) is 1. The third kappa shape index (κ3) is 5.51. The molecule has 0 aromatic carbocycles. The highest BCUT2D eigenvalue weighted by Crippen LogP contribution is 2.11. The van der Waals surface area contributed by atoms with Gasteiger partial charge in [0.2, 0.25) is 10.0 Å². The molecular weight excluding hydrogens is 296 g/mol. The smallest absolute Gasteiger partial charge is 0.242 e. The van der Waals surface area contributed by atoms with Crippen LogP contribution in [0.4, 0.5) is 0 Å². The molecule has 1 aromatic rings. The lowest BCUT2D eigenvalue weighted by atomic mass is 10.3. The molecule has 2 N–H and O–H groups in total. The van der Waals surface area contributed by atoms with E-state index in [0.29, 0.717) is 11.3 Å². The van der Waals surface area contributed by atoms with E-state index in [1.807, 2.05) is 13.8 Å². The standard InChI is InChI=1S/C13H18N2O3S2/c1-3-19-10-11(2)15-20(17,18)13-7-12(5-4-6-16)8-14-9-13/h7-9,11,15-16H,3,6,10H2,1-2H3. The minimum atomic E-state index is -3.59. The van der Waals surface area contributed by atoms with Crippen LogP contribution in [0.15, 0.2) is 23.4 Å². The van der Waals surface area contributed by atoms with Crippen LogP contribution in [-0.2, 0) is 10.0 Å². The maximum Gasteiger partial charge on any atom is 0.242 e. The van der Waals surface area contributed by atoms with Crippen molar-refractivity contribution in [2.45, 2.75) is 24.8 Å². The lowest BCUT2D eigenvalue weighted by Gasteiger charge is -2.13. The summed E-state index contributed by atoms with van der Waals surface area (Å²) in [6.45, 7) is 3.57. The van der Waals surface area contributed by atoms with Gasteiger partial charge in [-0.2, -0.15) is 11.8 Å². The first kappa shape index (κ1) is 17.0. The quantitative estimate of drug-likeness (QED) is 0.761. The first-order valence-corrected chi connectivity index (χ1v) is 8.78. The van der Waals surface area contributed by atoms with Crippen LogP contribution in [0.1, 0.15) is 19.4 Å². The van der Waals surface area contributed by atoms with Crippen LogP contribution < -0.4 is 4.72 Å². The molecule has 0 aliphatic carbocycles. The third-order valence-corrected chi connectivity index (χ3v) is 4.96. The van der Waals surface area contributed by atoms with Crippen molar-refractivity contribution >= 4 is 21.8 Å². The summed E-state index contributed by atoms with van der Waals surface area (Å²) in [6.07, 6.45) is 2.74. The van der Waals surface area contributed by atoms with Crippen molar-refractivity contribution in [3.05, 3.63) is 24.0 Å². The Morgan fingerprint density at radius 3 is 2.90 bits per heavy atom. The van der Waals surface area contributed by atoms with Crippen LogP contribution in [0.25, 0.3) is 0 Å². The van der Waals surface area contributed by atoms with Crippen molar-refractivity contribution < 1.29 is 13.5 Å². The number of rotatable bonds is 6. The Morgan fingerprint density at radius 2 is 2.25 bits per heavy atom. The van der Waals surface area contributed by atoms with E-state index in [-0.39, 0.29) is 17.5 Å². The van der Waals surface area contributed by atoms with E-state index in [1.165, 1.54) is 18.5 Å². The minimum Gasteiger partial charge on any atom is -0.384 e. The van der Waals surface area contributed by atoms with Gasteiger partial charge in [0.05, 0.1) is 0 Å². The second kappa shape index (κ2) is 8.27. The largest absolute Gasteiger partial charge is 0.384 e. The summed E-state index contributed by atoms with van der Waals surface area (Å²) in [5.74, 6) is 6.75. The number of aromatic nitrogens is 1. The molecule has 0 spiro atoms. The highest BCUT2D eigenvalue weighted by atomic mass is 32.2. The number of nitrogens with one attached hydrogen (secondary N) is 1. The Morgan fingerprint density at radius 1 is 1.50 bits per heavy atom. The van der Waals surface area contributed by atoms with Gasteiger partial charge in [-0.1, -0.05) is 18.8 Å². The van der Waals surface area contributed by atoms with Crippen LogP contribution in [0.3, 0.4) is 0 Å². The van der Waals surface area contributed by atoms with Gasteiger partial charge in [0.1, 0.15) is 11.5 Å². The Bertz CT molecular complexity index is 591. The summed E-state index contributed by atoms with van der Waals surface area (Å²) >= 11 is 1.67. The number of hydrogen-bond acceptors (Lipinski definition) is 5. The Balaban J connectivity index is 2.87. The second-order valence-electron chi connectivity index (χ2n) is 4.05. The van der Waals surface area contributed by atoms with Crippen molar-refractivity contribution in [1.82, 2.24) is 9.71 Å². The zero-order valence-corrected chi connectivity index (χ0v) is 13.1. The summed E-state index contributed by atoms with van der Waals surface area (Å²) in [5.41, 5.74) is 0.456. The molecule has 110 valence electrons. The zero-order valence-electron chi connectivity index (χ0n) is 11.5. The van der Waals surface area contributed by atoms with Crippen molar-refractivity contribution in [3.63, 3.8) is 0 Å². The number of sulfonamides is 1. The minimum absolute atomic E-state index is 0.0792. The van der Waals surface area contributed by atoms with Gasteiger partial charge in [-0.25, -0.2) is 13.1 Å². The van der Waals surface area contributed by atoms with E-state index in [4.69, 9.17) is 5.11 Å². The Labute approximate surface area is 124 Å². The molecule has 0 aliphatic rings. The first-order chi connectivity index (χ1) is 9.49. The van der Waals surface area contributed by atoms with E-state index >= 15 is 0 Å². The SMILES string of the molecule is CCSCC(C)NS(=O)(=O)c1cncc(C#CCO)c1. The molecule has 5 nitrogen and oxygen atoms in total. The molecule has 0 amide bonds. The summed E-state index contributed by atoms with van der Waals surface area (Å²) < 4.78 is 27.0. The number of hydrogen-bond donors (Lipinski definition) is 2. The molecule has 0 saturated carbocycles. The van der Waals surface area contributed by atoms with Gasteiger partial charge < -0.3 is 5.11 Å². The zero-order chi connectivity index (χ0) is 15.0. The fourth-order valence-electron chi connectivity index (χ4n) is 1.44. The monoisotopic (exact) mass is 314 g/mol. The molecule has 0 fully saturated rings. The lowest BCUT2D eigenvalue weighted by Crippen LogP contribution is -2.34. The molecule has 0 aliphatic heterocycles. The Kier molecular flexibility index (Phi) is 7.02. The molecule has 1 atom stereocenters. The van der Waals surface area contributed by atoms with Crippen molar-refractivity contribution in [3.8, 4) is 11.8 Å². The first-order valence-electron chi connectivity index (χ1n) is 6.14. The van der Waals surface area contributed by atoms with E-state index in [2.05, 4.69) is 21.5 Å². The third-order valence-electron chi connectivity index (χ3n) is 2.26. The number of aliphatic hydroxyl groups excluding tert-OH is 1. The van der Waals surface area contributed by atoms with E-state index < -0.39 is 10.0 Å². The van der Waals surface area contributed by atoms with E-state index in [1.54, 1.807) is 11.8 Å². The molecule has 7 heteroatoms. The van der Waals surface area contributed by atoms with Crippen molar-refractivity contribution in [2.24, 2.45) is 0 Å². The fraction of sp³-hybridized carbons (Fsp3) is 0.462. The van der Waals surface area contributed by atoms with Gasteiger partial charge in [0, 0.05) is 29.8 Å². The molecule has 1 rings (SSSR count). The van der Waals surface area contributed by atoms with E-state index in [9.17, 15) is 8.42 Å². The second-order valence-corrected chi connectivity index (χ2v) is 7.08. The molecule has 0 bridgehead atoms. The highest BCUT2D eigenvalue weighted by molar-refractivity contribution is 7.99. The number of aliphatic hydroxyl groups is 1. The van der Waals surface area contributed by atoms with Gasteiger partial charge in [0.25, 0.3) is 0 Å². The highest BCUT2D eigenvalue weighted by Gasteiger charge is 2.17. The Hall–Kier alpha value is -1.07. The van der Waals surface area contributed by atoms with Crippen LogP contribution in [0.5, 0.6) is 0 Å². The predicted octanol–water partition coefficient (Wildman–Crippen LogP) is 0.845. The summed E-state index contributed by atoms with van der Waals surface area (Å²) in [7, 11) is -3.59. The van der Waals surface area contributed by atoms with Crippen molar-refractivity contribution in [2.75, 3.05) is 18.1 Å². The number of pyridine rings is 1. The van der Waals surface area contributed by atoms with Crippen molar-refractivity contribution in [1.29, 1.82) is 0 Å². The molecule has 1 heterocycles. The lowest BCUT2D eigenvalue weighted by molar-refractivity contribution is 0.350. The molecule has 20 heavy (non-hydrogen) atoms. The van der Waals surface area contributed by atoms with Gasteiger partial charge in [0.15, 0.2) is 0 Å². The van der Waals surface area contributed by atoms with Crippen LogP contribution >= 0.6 is 11.8 Å². The van der Waals surface area contributed by atoms with Gasteiger partial charge in [-0.05, 0) is 18.7 Å². The van der Waals surface area contributed by atoms with Crippen LogP contribution in [0, 0.1) is 11.8 Å². The maximum atomic E-state index is 12.2. The predicted molar refractivity (Wildman–Crippen MR) is 81.0 cm³/mol. The maximum absolute atomic E-state index is 12.2. The normalized spacial score (nSPS) is 12.6. The van der Waals surface area contributed by atoms with Gasteiger partial charge in [-0.15, -0.1) is 0 Å². The summed E-state index contributed by atoms with van der Waals surface area (Å²) in [5, 5.41) is 8.63. The number of thioether (sulfide) groups is 1. The molecule has 1 aromatic heterocycles. The average Bonchev–Trinajstić information content (AvgIpc) is 2.42. The fourth-order valence-corrected chi connectivity index (χ4v) is 3.45. The van der Waals surface area contributed by atoms with Gasteiger partial charge in [-0.3, -0.25) is 4.98 Å². The summed E-state index contributed by atoms with van der Waals surface area (Å²) in [4.78, 5) is 3.94. The molecule has 0 radical (unpaired) electrons. The summed E-state index contributed by atoms with van der Waals surface area (Å²) in [6, 6.07) is 1.29. The molecule has 1 unspecified atom stereocenters.